The molecule has 1 aromatic heterocycles. The van der Waals surface area contributed by atoms with Gasteiger partial charge in [-0.3, -0.25) is 0 Å². The molecule has 4 rings (SSSR count). The molecule has 0 N–H and O–H groups in total. The Morgan fingerprint density at radius 1 is 0.458 bits per heavy atom. The van der Waals surface area contributed by atoms with Crippen molar-refractivity contribution in [3.63, 3.8) is 0 Å². The molecule has 0 bridgehead atoms. The van der Waals surface area contributed by atoms with Gasteiger partial charge >= 0.3 is 0 Å². The molecule has 0 aliphatic carbocycles. The Hall–Kier alpha value is -2.29. The van der Waals surface area contributed by atoms with Crippen molar-refractivity contribution in [2.24, 2.45) is 0 Å². The topological polar surface area (TPSA) is 0 Å². The van der Waals surface area contributed by atoms with Crippen molar-refractivity contribution in [3.05, 3.63) is 108 Å². The van der Waals surface area contributed by atoms with Gasteiger partial charge in [0.15, 0.2) is 0 Å². The summed E-state index contributed by atoms with van der Waals surface area (Å²) in [6, 6.07) is 35.1. The summed E-state index contributed by atoms with van der Waals surface area (Å²) < 4.78 is 0. The maximum Gasteiger partial charge on any atom is 0.0130 e. The van der Waals surface area contributed by atoms with Gasteiger partial charge in [0.1, 0.15) is 0 Å². The van der Waals surface area contributed by atoms with E-state index in [1.54, 1.807) is 11.3 Å². The highest BCUT2D eigenvalue weighted by Gasteiger charge is 2.33. The van der Waals surface area contributed by atoms with Crippen LogP contribution < -0.4 is 0 Å². The molecule has 0 saturated carbocycles. The first kappa shape index (κ1) is 15.3. The summed E-state index contributed by atoms with van der Waals surface area (Å²) in [5.41, 5.74) is 0. The normalized spacial score (nSPS) is 12.0. The summed E-state index contributed by atoms with van der Waals surface area (Å²) in [4.78, 5) is 5.53. The van der Waals surface area contributed by atoms with Gasteiger partial charge in [0.05, 0.1) is 0 Å². The Labute approximate surface area is 148 Å². The fourth-order valence-electron chi connectivity index (χ4n) is 3.12. The Kier molecular flexibility index (Phi) is 4.24. The zero-order valence-corrected chi connectivity index (χ0v) is 14.8. The SMILES string of the molecule is c1ccc(S(c2ccccc2)(c2ccccc2)c2ccsc2)cc1. The van der Waals surface area contributed by atoms with Crippen molar-refractivity contribution in [2.75, 3.05) is 0 Å². The second-order valence-electron chi connectivity index (χ2n) is 5.51. The van der Waals surface area contributed by atoms with E-state index in [0.29, 0.717) is 0 Å². The molecule has 0 aliphatic rings. The summed E-state index contributed by atoms with van der Waals surface area (Å²) in [5, 5.41) is 4.49. The minimum atomic E-state index is -1.46. The van der Waals surface area contributed by atoms with E-state index in [4.69, 9.17) is 0 Å². The predicted octanol–water partition coefficient (Wildman–Crippen LogP) is 7.09. The van der Waals surface area contributed by atoms with Crippen molar-refractivity contribution in [3.8, 4) is 0 Å². The monoisotopic (exact) mass is 346 g/mol. The molecule has 118 valence electrons. The van der Waals surface area contributed by atoms with Crippen LogP contribution in [0.4, 0.5) is 0 Å². The third-order valence-electron chi connectivity index (χ3n) is 4.14. The standard InChI is InChI=1S/C22H18S2/c1-4-10-19(11-5-1)24(22-16-17-23-18-22,20-12-6-2-7-13-20)21-14-8-3-9-15-21/h1-18H. The summed E-state index contributed by atoms with van der Waals surface area (Å²) >= 11 is 1.77. The first-order valence-corrected chi connectivity index (χ1v) is 10.5. The molecule has 0 nitrogen and oxygen atoms in total. The van der Waals surface area contributed by atoms with Gasteiger partial charge in [-0.1, -0.05) is 54.6 Å². The molecule has 0 amide bonds. The molecule has 0 atom stereocenters. The quantitative estimate of drug-likeness (QED) is 0.370. The van der Waals surface area contributed by atoms with Gasteiger partial charge in [0.25, 0.3) is 0 Å². The van der Waals surface area contributed by atoms with Crippen LogP contribution in [0.1, 0.15) is 0 Å². The third-order valence-corrected chi connectivity index (χ3v) is 8.87. The molecule has 0 saturated heterocycles. The van der Waals surface area contributed by atoms with E-state index in [2.05, 4.69) is 108 Å². The zero-order valence-electron chi connectivity index (χ0n) is 13.2. The molecule has 0 radical (unpaired) electrons. The molecule has 0 unspecified atom stereocenters. The molecule has 0 spiro atoms. The number of hydrogen-bond acceptors (Lipinski definition) is 1. The second kappa shape index (κ2) is 6.68. The van der Waals surface area contributed by atoms with Crippen molar-refractivity contribution in [1.29, 1.82) is 0 Å². The van der Waals surface area contributed by atoms with Crippen LogP contribution in [0.25, 0.3) is 0 Å². The minimum Gasteiger partial charge on any atom is -0.151 e. The van der Waals surface area contributed by atoms with E-state index < -0.39 is 10.0 Å². The van der Waals surface area contributed by atoms with Crippen LogP contribution in [-0.4, -0.2) is 0 Å². The molecule has 3 aromatic carbocycles. The number of benzene rings is 3. The van der Waals surface area contributed by atoms with E-state index in [1.165, 1.54) is 19.6 Å². The number of thiophene rings is 1. The Balaban J connectivity index is 2.12. The Morgan fingerprint density at radius 2 is 0.875 bits per heavy atom. The first-order valence-electron chi connectivity index (χ1n) is 7.93. The molecule has 0 aliphatic heterocycles. The smallest absolute Gasteiger partial charge is 0.0130 e. The fraction of sp³-hybridized carbons (Fsp3) is 0. The molecule has 0 fully saturated rings. The van der Waals surface area contributed by atoms with Crippen LogP contribution in [-0.2, 0) is 0 Å². The van der Waals surface area contributed by atoms with Gasteiger partial charge in [0.2, 0.25) is 0 Å². The molecule has 2 heteroatoms. The van der Waals surface area contributed by atoms with Gasteiger partial charge in [-0.15, -0.1) is 10.0 Å². The lowest BCUT2D eigenvalue weighted by molar-refractivity contribution is 1.25. The average Bonchev–Trinajstić information content (AvgIpc) is 3.20. The lowest BCUT2D eigenvalue weighted by atomic mass is 10.4. The van der Waals surface area contributed by atoms with Crippen LogP contribution in [0.15, 0.2) is 127 Å². The van der Waals surface area contributed by atoms with Crippen LogP contribution >= 0.6 is 21.4 Å². The number of rotatable bonds is 4. The maximum atomic E-state index is 2.31. The van der Waals surface area contributed by atoms with E-state index in [1.807, 2.05) is 0 Å². The highest BCUT2D eigenvalue weighted by Crippen LogP contribution is 2.73. The van der Waals surface area contributed by atoms with Crippen LogP contribution in [0.5, 0.6) is 0 Å². The summed E-state index contributed by atoms with van der Waals surface area (Å²) in [7, 11) is -1.46. The van der Waals surface area contributed by atoms with Gasteiger partial charge in [-0.25, -0.2) is 0 Å². The van der Waals surface area contributed by atoms with Crippen molar-refractivity contribution in [1.82, 2.24) is 0 Å². The van der Waals surface area contributed by atoms with Gasteiger partial charge in [0, 0.05) is 25.0 Å². The molecule has 1 heterocycles. The zero-order chi connectivity index (χ0) is 16.2. The molecule has 4 aromatic rings. The summed E-state index contributed by atoms with van der Waals surface area (Å²) in [5.74, 6) is 0. The van der Waals surface area contributed by atoms with Crippen LogP contribution in [0.3, 0.4) is 0 Å². The molecule has 24 heavy (non-hydrogen) atoms. The van der Waals surface area contributed by atoms with E-state index in [0.717, 1.165) is 0 Å². The van der Waals surface area contributed by atoms with Crippen molar-refractivity contribution in [2.45, 2.75) is 19.6 Å². The van der Waals surface area contributed by atoms with E-state index >= 15 is 0 Å². The second-order valence-corrected chi connectivity index (χ2v) is 9.40. The highest BCUT2D eigenvalue weighted by molar-refractivity contribution is 8.34. The molecular weight excluding hydrogens is 328 g/mol. The third kappa shape index (κ3) is 2.48. The largest absolute Gasteiger partial charge is 0.151 e. The van der Waals surface area contributed by atoms with E-state index in [-0.39, 0.29) is 0 Å². The lowest BCUT2D eigenvalue weighted by Crippen LogP contribution is -2.03. The van der Waals surface area contributed by atoms with Crippen LogP contribution in [0.2, 0.25) is 0 Å². The minimum absolute atomic E-state index is 1.38. The van der Waals surface area contributed by atoms with Gasteiger partial charge < -0.3 is 0 Å². The first-order chi connectivity index (χ1) is 11.9. The van der Waals surface area contributed by atoms with E-state index in [9.17, 15) is 0 Å². The summed E-state index contributed by atoms with van der Waals surface area (Å²) in [6.07, 6.45) is 0. The molecular formula is C22H18S2. The van der Waals surface area contributed by atoms with Gasteiger partial charge in [-0.2, -0.15) is 11.3 Å². The lowest BCUT2D eigenvalue weighted by Gasteiger charge is -2.41. The average molecular weight is 347 g/mol. The Morgan fingerprint density at radius 3 is 1.21 bits per heavy atom. The van der Waals surface area contributed by atoms with Crippen LogP contribution in [0, 0.1) is 0 Å². The van der Waals surface area contributed by atoms with Crippen molar-refractivity contribution < 1.29 is 0 Å². The number of hydrogen-bond donors (Lipinski definition) is 0. The van der Waals surface area contributed by atoms with Gasteiger partial charge in [-0.05, 0) is 47.8 Å². The maximum absolute atomic E-state index is 2.31. The predicted molar refractivity (Wildman–Crippen MR) is 104 cm³/mol. The van der Waals surface area contributed by atoms with Crippen molar-refractivity contribution >= 4 is 21.4 Å². The highest BCUT2D eigenvalue weighted by atomic mass is 32.3. The summed E-state index contributed by atoms with van der Waals surface area (Å²) in [6.45, 7) is 0. The fourth-order valence-corrected chi connectivity index (χ4v) is 8.06. The Bertz CT molecular complexity index is 786.